The molecule has 2 fully saturated rings. The van der Waals surface area contributed by atoms with Crippen LogP contribution in [0, 0.1) is 11.8 Å². The van der Waals surface area contributed by atoms with Gasteiger partial charge in [0.2, 0.25) is 11.8 Å². The molecule has 4 rings (SSSR count). The molecule has 0 saturated carbocycles. The van der Waals surface area contributed by atoms with E-state index in [9.17, 15) is 14.7 Å². The zero-order valence-corrected chi connectivity index (χ0v) is 15.5. The lowest BCUT2D eigenvalue weighted by atomic mass is 9.85. The number of amides is 2. The van der Waals surface area contributed by atoms with Crippen LogP contribution in [0.25, 0.3) is 0 Å². The third-order valence-electron chi connectivity index (χ3n) is 5.95. The van der Waals surface area contributed by atoms with Gasteiger partial charge in [0.1, 0.15) is 0 Å². The fourth-order valence-electron chi connectivity index (χ4n) is 4.44. The van der Waals surface area contributed by atoms with Crippen LogP contribution in [0.15, 0.2) is 42.5 Å². The van der Waals surface area contributed by atoms with Crippen LogP contribution in [-0.4, -0.2) is 72.1 Å². The smallest absolute Gasteiger partial charge is 0.233 e. The molecule has 1 aromatic carbocycles. The maximum absolute atomic E-state index is 12.5. The number of likely N-dealkylation sites (tertiary alicyclic amines) is 1. The molecule has 1 N–H and O–H groups in total. The highest BCUT2D eigenvalue weighted by molar-refractivity contribution is 6.05. The van der Waals surface area contributed by atoms with Crippen LogP contribution in [0.5, 0.6) is 0 Å². The van der Waals surface area contributed by atoms with Crippen molar-refractivity contribution >= 4 is 17.5 Å². The van der Waals surface area contributed by atoms with Gasteiger partial charge in [0, 0.05) is 38.4 Å². The third kappa shape index (κ3) is 3.77. The number of para-hydroxylation sites is 1. The van der Waals surface area contributed by atoms with Gasteiger partial charge in [-0.3, -0.25) is 19.4 Å². The van der Waals surface area contributed by atoms with E-state index < -0.39 is 6.10 Å². The fraction of sp³-hybridized carbons (Fsp3) is 0.524. The van der Waals surface area contributed by atoms with E-state index in [2.05, 4.69) is 21.9 Å². The molecular weight excluding hydrogens is 342 g/mol. The Bertz CT molecular complexity index is 687. The number of carbonyl (C=O) groups is 2. The molecule has 1 aliphatic carbocycles. The highest BCUT2D eigenvalue weighted by atomic mass is 16.3. The summed E-state index contributed by atoms with van der Waals surface area (Å²) in [5.41, 5.74) is 1.22. The van der Waals surface area contributed by atoms with Crippen LogP contribution in [-0.2, 0) is 9.59 Å². The van der Waals surface area contributed by atoms with Crippen LogP contribution in [0.3, 0.4) is 0 Å². The Kier molecular flexibility index (Phi) is 5.27. The largest absolute Gasteiger partial charge is 0.390 e. The number of aliphatic hydroxyl groups excluding tert-OH is 1. The molecular formula is C21H27N3O3. The second kappa shape index (κ2) is 7.82. The number of carbonyl (C=O) groups excluding carboxylic acids is 2. The molecule has 2 saturated heterocycles. The van der Waals surface area contributed by atoms with Crippen molar-refractivity contribution in [2.45, 2.75) is 18.9 Å². The predicted molar refractivity (Wildman–Crippen MR) is 103 cm³/mol. The Hall–Kier alpha value is -2.18. The molecule has 3 unspecified atom stereocenters. The van der Waals surface area contributed by atoms with Crippen molar-refractivity contribution in [2.24, 2.45) is 11.8 Å². The molecule has 0 spiro atoms. The summed E-state index contributed by atoms with van der Waals surface area (Å²) >= 11 is 0. The van der Waals surface area contributed by atoms with E-state index in [0.29, 0.717) is 19.4 Å². The number of allylic oxidation sites excluding steroid dienone is 2. The molecule has 0 aromatic heterocycles. The van der Waals surface area contributed by atoms with Gasteiger partial charge in [-0.1, -0.05) is 30.4 Å². The SMILES string of the molecule is O=C1C2CC=CCC2C(=O)N1CC(O)CN1CCN(c2ccccc2)CC1. The van der Waals surface area contributed by atoms with E-state index in [0.717, 1.165) is 26.2 Å². The Morgan fingerprint density at radius 3 is 2.07 bits per heavy atom. The summed E-state index contributed by atoms with van der Waals surface area (Å²) in [4.78, 5) is 30.9. The summed E-state index contributed by atoms with van der Waals surface area (Å²) in [5, 5.41) is 10.5. The van der Waals surface area contributed by atoms with Crippen molar-refractivity contribution < 1.29 is 14.7 Å². The van der Waals surface area contributed by atoms with E-state index in [4.69, 9.17) is 0 Å². The molecule has 6 heteroatoms. The van der Waals surface area contributed by atoms with Crippen molar-refractivity contribution in [2.75, 3.05) is 44.2 Å². The highest BCUT2D eigenvalue weighted by Gasteiger charge is 2.47. The lowest BCUT2D eigenvalue weighted by Crippen LogP contribution is -2.50. The van der Waals surface area contributed by atoms with Crippen molar-refractivity contribution in [1.29, 1.82) is 0 Å². The molecule has 2 aliphatic heterocycles. The predicted octanol–water partition coefficient (Wildman–Crippen LogP) is 1.12. The van der Waals surface area contributed by atoms with Crippen molar-refractivity contribution in [1.82, 2.24) is 9.80 Å². The first-order valence-electron chi connectivity index (χ1n) is 9.84. The average Bonchev–Trinajstić information content (AvgIpc) is 2.94. The minimum absolute atomic E-state index is 0.109. The second-order valence-corrected chi connectivity index (χ2v) is 7.72. The van der Waals surface area contributed by atoms with Crippen LogP contribution < -0.4 is 4.90 Å². The van der Waals surface area contributed by atoms with Crippen molar-refractivity contribution in [3.8, 4) is 0 Å². The monoisotopic (exact) mass is 369 g/mol. The molecule has 1 aromatic rings. The quantitative estimate of drug-likeness (QED) is 0.623. The number of hydrogen-bond donors (Lipinski definition) is 1. The molecule has 27 heavy (non-hydrogen) atoms. The number of aliphatic hydroxyl groups is 1. The highest BCUT2D eigenvalue weighted by Crippen LogP contribution is 2.35. The van der Waals surface area contributed by atoms with E-state index in [1.165, 1.54) is 10.6 Å². The lowest BCUT2D eigenvalue weighted by molar-refractivity contribution is -0.141. The molecule has 0 bridgehead atoms. The summed E-state index contributed by atoms with van der Waals surface area (Å²) in [6, 6.07) is 10.3. The number of imide groups is 1. The van der Waals surface area contributed by atoms with E-state index in [-0.39, 0.29) is 30.2 Å². The second-order valence-electron chi connectivity index (χ2n) is 7.72. The number of rotatable bonds is 5. The summed E-state index contributed by atoms with van der Waals surface area (Å²) in [7, 11) is 0. The standard InChI is InChI=1S/C21H27N3O3/c25-17(15-24-20(26)18-8-4-5-9-19(18)21(24)27)14-22-10-12-23(13-11-22)16-6-2-1-3-7-16/h1-7,17-19,25H,8-15H2. The van der Waals surface area contributed by atoms with Gasteiger partial charge in [0.05, 0.1) is 24.5 Å². The van der Waals surface area contributed by atoms with Crippen molar-refractivity contribution in [3.05, 3.63) is 42.5 Å². The Balaban J connectivity index is 1.27. The Labute approximate surface area is 160 Å². The van der Waals surface area contributed by atoms with Gasteiger partial charge in [-0.15, -0.1) is 0 Å². The van der Waals surface area contributed by atoms with Gasteiger partial charge in [0.15, 0.2) is 0 Å². The number of benzene rings is 1. The Morgan fingerprint density at radius 2 is 1.48 bits per heavy atom. The molecule has 2 heterocycles. The van der Waals surface area contributed by atoms with Gasteiger partial charge in [-0.2, -0.15) is 0 Å². The van der Waals surface area contributed by atoms with Gasteiger partial charge < -0.3 is 10.0 Å². The first kappa shape index (κ1) is 18.2. The lowest BCUT2D eigenvalue weighted by Gasteiger charge is -2.37. The van der Waals surface area contributed by atoms with Crippen LogP contribution in [0.2, 0.25) is 0 Å². The maximum Gasteiger partial charge on any atom is 0.233 e. The van der Waals surface area contributed by atoms with Crippen molar-refractivity contribution in [3.63, 3.8) is 0 Å². The number of hydrogen-bond acceptors (Lipinski definition) is 5. The first-order valence-corrected chi connectivity index (χ1v) is 9.84. The minimum atomic E-state index is -0.700. The summed E-state index contributed by atoms with van der Waals surface area (Å²) in [6.45, 7) is 4.16. The summed E-state index contributed by atoms with van der Waals surface area (Å²) in [6.07, 6.45) is 4.55. The van der Waals surface area contributed by atoms with Gasteiger partial charge in [-0.25, -0.2) is 0 Å². The molecule has 2 amide bonds. The Morgan fingerprint density at radius 1 is 0.889 bits per heavy atom. The van der Waals surface area contributed by atoms with E-state index >= 15 is 0 Å². The molecule has 144 valence electrons. The average molecular weight is 369 g/mol. The summed E-state index contributed by atoms with van der Waals surface area (Å²) < 4.78 is 0. The molecule has 3 aliphatic rings. The molecule has 6 nitrogen and oxygen atoms in total. The maximum atomic E-state index is 12.5. The topological polar surface area (TPSA) is 64.1 Å². The van der Waals surface area contributed by atoms with Crippen LogP contribution in [0.4, 0.5) is 5.69 Å². The fourth-order valence-corrected chi connectivity index (χ4v) is 4.44. The van der Waals surface area contributed by atoms with Crippen LogP contribution in [0.1, 0.15) is 12.8 Å². The number of anilines is 1. The number of nitrogens with zero attached hydrogens (tertiary/aromatic N) is 3. The normalized spacial score (nSPS) is 27.1. The number of β-amino-alcohol motifs (C(OH)–C–C–N with tert-alkyl or cyclic N) is 1. The van der Waals surface area contributed by atoms with Gasteiger partial charge in [0.25, 0.3) is 0 Å². The zero-order chi connectivity index (χ0) is 18.8. The van der Waals surface area contributed by atoms with E-state index in [1.54, 1.807) is 0 Å². The first-order chi connectivity index (χ1) is 13.1. The molecule has 0 radical (unpaired) electrons. The third-order valence-corrected chi connectivity index (χ3v) is 5.95. The van der Waals surface area contributed by atoms with Gasteiger partial charge in [-0.05, 0) is 25.0 Å². The van der Waals surface area contributed by atoms with E-state index in [1.807, 2.05) is 30.4 Å². The summed E-state index contributed by atoms with van der Waals surface area (Å²) in [5.74, 6) is -0.655. The minimum Gasteiger partial charge on any atom is -0.390 e. The number of fused-ring (bicyclic) bond motifs is 1. The molecule has 3 atom stereocenters. The zero-order valence-electron chi connectivity index (χ0n) is 15.5. The van der Waals surface area contributed by atoms with Crippen LogP contribution >= 0.6 is 0 Å². The number of piperazine rings is 1. The van der Waals surface area contributed by atoms with Gasteiger partial charge >= 0.3 is 0 Å².